The van der Waals surface area contributed by atoms with E-state index in [9.17, 15) is 0 Å². The Morgan fingerprint density at radius 3 is 3.14 bits per heavy atom. The van der Waals surface area contributed by atoms with Gasteiger partial charge in [-0.1, -0.05) is 18.2 Å². The molecule has 1 aliphatic heterocycles. The summed E-state index contributed by atoms with van der Waals surface area (Å²) in [6, 6.07) is 7.03. The lowest BCUT2D eigenvalue weighted by molar-refractivity contribution is 0.493. The Morgan fingerprint density at radius 2 is 2.36 bits per heavy atom. The summed E-state index contributed by atoms with van der Waals surface area (Å²) in [6.07, 6.45) is 2.18. The van der Waals surface area contributed by atoms with Gasteiger partial charge < -0.3 is 5.32 Å². The Morgan fingerprint density at radius 1 is 1.50 bits per heavy atom. The van der Waals surface area contributed by atoms with Gasteiger partial charge in [0.25, 0.3) is 0 Å². The fourth-order valence-corrected chi connectivity index (χ4v) is 2.46. The van der Waals surface area contributed by atoms with Crippen molar-refractivity contribution < 1.29 is 0 Å². The van der Waals surface area contributed by atoms with E-state index in [1.165, 1.54) is 16.7 Å². The van der Waals surface area contributed by atoms with Crippen molar-refractivity contribution in [3.05, 3.63) is 34.9 Å². The van der Waals surface area contributed by atoms with E-state index < -0.39 is 0 Å². The zero-order valence-electron chi connectivity index (χ0n) is 8.52. The summed E-state index contributed by atoms with van der Waals surface area (Å²) in [4.78, 5) is 0. The van der Waals surface area contributed by atoms with Crippen LogP contribution in [0.1, 0.15) is 29.2 Å². The van der Waals surface area contributed by atoms with E-state index in [1.807, 2.05) is 0 Å². The topological polar surface area (TPSA) is 12.0 Å². The molecule has 0 saturated carbocycles. The standard InChI is InChI=1S/C12H16ClN/c1-9-3-2-4-11-10(9)6-8-14-12(11)5-7-13/h2-4,12,14H,5-8H2,1H3. The van der Waals surface area contributed by atoms with Crippen LogP contribution >= 0.6 is 11.6 Å². The monoisotopic (exact) mass is 209 g/mol. The maximum atomic E-state index is 5.80. The first kappa shape index (κ1) is 10.0. The molecule has 0 spiro atoms. The lowest BCUT2D eigenvalue weighted by Gasteiger charge is -2.27. The molecule has 14 heavy (non-hydrogen) atoms. The predicted octanol–water partition coefficient (Wildman–Crippen LogP) is 2.81. The number of fused-ring (bicyclic) bond motifs is 1. The second-order valence-corrected chi connectivity index (χ2v) is 4.26. The molecule has 1 unspecified atom stereocenters. The highest BCUT2D eigenvalue weighted by Gasteiger charge is 2.19. The van der Waals surface area contributed by atoms with Gasteiger partial charge in [-0.15, -0.1) is 11.6 Å². The lowest BCUT2D eigenvalue weighted by atomic mass is 9.90. The van der Waals surface area contributed by atoms with Crippen LogP contribution in [0.5, 0.6) is 0 Å². The van der Waals surface area contributed by atoms with Gasteiger partial charge in [-0.3, -0.25) is 0 Å². The van der Waals surface area contributed by atoms with Crippen LogP contribution in [0.25, 0.3) is 0 Å². The quantitative estimate of drug-likeness (QED) is 0.739. The van der Waals surface area contributed by atoms with E-state index in [0.29, 0.717) is 6.04 Å². The maximum absolute atomic E-state index is 5.80. The summed E-state index contributed by atoms with van der Waals surface area (Å²) >= 11 is 5.80. The number of halogens is 1. The molecule has 0 radical (unpaired) electrons. The van der Waals surface area contributed by atoms with Gasteiger partial charge in [-0.2, -0.15) is 0 Å². The molecule has 0 aromatic heterocycles. The zero-order chi connectivity index (χ0) is 9.97. The van der Waals surface area contributed by atoms with Crippen LogP contribution in [0.4, 0.5) is 0 Å². The highest BCUT2D eigenvalue weighted by atomic mass is 35.5. The van der Waals surface area contributed by atoms with Crippen molar-refractivity contribution >= 4 is 11.6 Å². The lowest BCUT2D eigenvalue weighted by Crippen LogP contribution is -2.30. The van der Waals surface area contributed by atoms with Crippen molar-refractivity contribution in [2.24, 2.45) is 0 Å². The summed E-state index contributed by atoms with van der Waals surface area (Å²) in [7, 11) is 0. The minimum atomic E-state index is 0.469. The molecule has 0 bridgehead atoms. The third kappa shape index (κ3) is 1.79. The van der Waals surface area contributed by atoms with E-state index in [-0.39, 0.29) is 0 Å². The van der Waals surface area contributed by atoms with Crippen molar-refractivity contribution in [3.8, 4) is 0 Å². The van der Waals surface area contributed by atoms with Gasteiger partial charge >= 0.3 is 0 Å². The molecule has 1 heterocycles. The van der Waals surface area contributed by atoms with Crippen LogP contribution in [0, 0.1) is 6.92 Å². The molecular formula is C12H16ClN. The molecular weight excluding hydrogens is 194 g/mol. The molecule has 0 aliphatic carbocycles. The third-order valence-corrected chi connectivity index (χ3v) is 3.20. The summed E-state index contributed by atoms with van der Waals surface area (Å²) in [5.74, 6) is 0.727. The van der Waals surface area contributed by atoms with Crippen molar-refractivity contribution in [3.63, 3.8) is 0 Å². The number of benzene rings is 1. The first-order valence-corrected chi connectivity index (χ1v) is 5.74. The van der Waals surface area contributed by atoms with E-state index in [4.69, 9.17) is 11.6 Å². The van der Waals surface area contributed by atoms with Gasteiger partial charge in [0.2, 0.25) is 0 Å². The number of aryl methyl sites for hydroxylation is 1. The molecule has 1 aromatic carbocycles. The van der Waals surface area contributed by atoms with Crippen LogP contribution in [-0.2, 0) is 6.42 Å². The van der Waals surface area contributed by atoms with Crippen LogP contribution < -0.4 is 5.32 Å². The normalized spacial score (nSPS) is 20.6. The average molecular weight is 210 g/mol. The molecule has 0 fully saturated rings. The SMILES string of the molecule is Cc1cccc2c1CCNC2CCCl. The summed E-state index contributed by atoms with van der Waals surface area (Å²) in [6.45, 7) is 3.28. The van der Waals surface area contributed by atoms with Gasteiger partial charge in [0.15, 0.2) is 0 Å². The van der Waals surface area contributed by atoms with Crippen LogP contribution in [0.3, 0.4) is 0 Å². The number of hydrogen-bond donors (Lipinski definition) is 1. The van der Waals surface area contributed by atoms with Gasteiger partial charge in [0.1, 0.15) is 0 Å². The van der Waals surface area contributed by atoms with Gasteiger partial charge in [-0.25, -0.2) is 0 Å². The molecule has 1 N–H and O–H groups in total. The first-order valence-electron chi connectivity index (χ1n) is 5.20. The molecule has 2 heteroatoms. The predicted molar refractivity (Wildman–Crippen MR) is 61.0 cm³/mol. The fourth-order valence-electron chi connectivity index (χ4n) is 2.24. The highest BCUT2D eigenvalue weighted by molar-refractivity contribution is 6.17. The first-order chi connectivity index (χ1) is 6.83. The van der Waals surface area contributed by atoms with E-state index in [1.54, 1.807) is 0 Å². The maximum Gasteiger partial charge on any atom is 0.0334 e. The molecule has 1 aliphatic rings. The minimum Gasteiger partial charge on any atom is -0.310 e. The second-order valence-electron chi connectivity index (χ2n) is 3.88. The van der Waals surface area contributed by atoms with Crippen molar-refractivity contribution in [1.82, 2.24) is 5.32 Å². The molecule has 0 amide bonds. The van der Waals surface area contributed by atoms with Gasteiger partial charge in [-0.05, 0) is 43.0 Å². The molecule has 1 nitrogen and oxygen atoms in total. The average Bonchev–Trinajstić information content (AvgIpc) is 2.20. The third-order valence-electron chi connectivity index (χ3n) is 2.99. The van der Waals surface area contributed by atoms with Crippen LogP contribution in [-0.4, -0.2) is 12.4 Å². The van der Waals surface area contributed by atoms with Crippen molar-refractivity contribution in [2.75, 3.05) is 12.4 Å². The van der Waals surface area contributed by atoms with Gasteiger partial charge in [0, 0.05) is 11.9 Å². The Kier molecular flexibility index (Phi) is 3.09. The summed E-state index contributed by atoms with van der Waals surface area (Å²) in [5.41, 5.74) is 4.40. The van der Waals surface area contributed by atoms with E-state index in [2.05, 4.69) is 30.4 Å². The molecule has 1 aromatic rings. The number of alkyl halides is 1. The van der Waals surface area contributed by atoms with Crippen LogP contribution in [0.15, 0.2) is 18.2 Å². The van der Waals surface area contributed by atoms with Gasteiger partial charge in [0.05, 0.1) is 0 Å². The minimum absolute atomic E-state index is 0.469. The van der Waals surface area contributed by atoms with E-state index in [0.717, 1.165) is 25.3 Å². The van der Waals surface area contributed by atoms with Crippen molar-refractivity contribution in [1.29, 1.82) is 0 Å². The Bertz CT molecular complexity index is 322. The molecule has 1 atom stereocenters. The van der Waals surface area contributed by atoms with Crippen molar-refractivity contribution in [2.45, 2.75) is 25.8 Å². The smallest absolute Gasteiger partial charge is 0.0334 e. The Hall–Kier alpha value is -0.530. The largest absolute Gasteiger partial charge is 0.310 e. The number of nitrogens with one attached hydrogen (secondary N) is 1. The molecule has 76 valence electrons. The Labute approximate surface area is 90.5 Å². The highest BCUT2D eigenvalue weighted by Crippen LogP contribution is 2.27. The van der Waals surface area contributed by atoms with Crippen LogP contribution in [0.2, 0.25) is 0 Å². The molecule has 0 saturated heterocycles. The second kappa shape index (κ2) is 4.33. The molecule has 2 rings (SSSR count). The summed E-state index contributed by atoms with van der Waals surface area (Å²) in [5, 5.41) is 3.52. The Balaban J connectivity index is 2.34. The van der Waals surface area contributed by atoms with E-state index >= 15 is 0 Å². The summed E-state index contributed by atoms with van der Waals surface area (Å²) < 4.78 is 0. The number of rotatable bonds is 2. The number of hydrogen-bond acceptors (Lipinski definition) is 1. The fraction of sp³-hybridized carbons (Fsp3) is 0.500. The zero-order valence-corrected chi connectivity index (χ0v) is 9.27.